The lowest BCUT2D eigenvalue weighted by Gasteiger charge is -2.34. The molecule has 1 saturated heterocycles. The van der Waals surface area contributed by atoms with Crippen molar-refractivity contribution in [1.29, 1.82) is 0 Å². The fourth-order valence-electron chi connectivity index (χ4n) is 3.22. The minimum absolute atomic E-state index is 0.122. The Balaban J connectivity index is 1.56. The van der Waals surface area contributed by atoms with Crippen molar-refractivity contribution in [3.63, 3.8) is 0 Å². The van der Waals surface area contributed by atoms with Crippen molar-refractivity contribution in [2.75, 3.05) is 47.0 Å². The Morgan fingerprint density at radius 1 is 1.11 bits per heavy atom. The molecule has 0 saturated carbocycles. The van der Waals surface area contributed by atoms with Gasteiger partial charge >= 0.3 is 6.09 Å². The smallest absolute Gasteiger partial charge is 0.409 e. The Morgan fingerprint density at radius 3 is 2.43 bits per heavy atom. The zero-order valence-electron chi connectivity index (χ0n) is 16.3. The summed E-state index contributed by atoms with van der Waals surface area (Å²) in [5, 5.41) is 4.09. The third-order valence-electron chi connectivity index (χ3n) is 4.78. The predicted octanol–water partition coefficient (Wildman–Crippen LogP) is 1.50. The standard InChI is InChI=1S/C19H25N3O6/c1-4-27-19(24)22-9-7-21(8-10-22)18(23)17-12-14(20-28-17)13-5-6-15(25-2)16(11-13)26-3/h5-6,11,17H,4,7-10,12H2,1-3H3. The van der Waals surface area contributed by atoms with Crippen LogP contribution in [0.3, 0.4) is 0 Å². The molecule has 0 spiro atoms. The van der Waals surface area contributed by atoms with Crippen LogP contribution in [0.4, 0.5) is 4.79 Å². The average Bonchev–Trinajstić information content (AvgIpc) is 3.23. The van der Waals surface area contributed by atoms with Gasteiger partial charge in [-0.1, -0.05) is 5.16 Å². The van der Waals surface area contributed by atoms with Gasteiger partial charge < -0.3 is 28.8 Å². The molecule has 1 aromatic carbocycles. The molecule has 0 aliphatic carbocycles. The highest BCUT2D eigenvalue weighted by Crippen LogP contribution is 2.29. The number of hydrogen-bond donors (Lipinski definition) is 0. The summed E-state index contributed by atoms with van der Waals surface area (Å²) in [4.78, 5) is 33.2. The lowest BCUT2D eigenvalue weighted by molar-refractivity contribution is -0.143. The van der Waals surface area contributed by atoms with E-state index < -0.39 is 6.10 Å². The first-order valence-corrected chi connectivity index (χ1v) is 9.23. The van der Waals surface area contributed by atoms with Crippen LogP contribution in [0, 0.1) is 0 Å². The Kier molecular flexibility index (Phi) is 6.23. The summed E-state index contributed by atoms with van der Waals surface area (Å²) in [6, 6.07) is 5.46. The second kappa shape index (κ2) is 8.81. The first-order valence-electron chi connectivity index (χ1n) is 9.23. The molecule has 0 aromatic heterocycles. The van der Waals surface area contributed by atoms with Crippen LogP contribution in [-0.4, -0.2) is 80.6 Å². The summed E-state index contributed by atoms with van der Waals surface area (Å²) in [6.07, 6.45) is -0.616. The van der Waals surface area contributed by atoms with Crippen LogP contribution >= 0.6 is 0 Å². The van der Waals surface area contributed by atoms with Crippen LogP contribution in [0.5, 0.6) is 11.5 Å². The second-order valence-electron chi connectivity index (χ2n) is 6.42. The highest BCUT2D eigenvalue weighted by Gasteiger charge is 2.34. The van der Waals surface area contributed by atoms with Gasteiger partial charge in [0.25, 0.3) is 5.91 Å². The Labute approximate surface area is 163 Å². The van der Waals surface area contributed by atoms with Gasteiger partial charge in [0.15, 0.2) is 11.5 Å². The molecule has 0 N–H and O–H groups in total. The molecule has 2 aliphatic rings. The van der Waals surface area contributed by atoms with Gasteiger partial charge in [-0.3, -0.25) is 4.79 Å². The number of oxime groups is 1. The van der Waals surface area contributed by atoms with Gasteiger partial charge in [-0.05, 0) is 25.1 Å². The van der Waals surface area contributed by atoms with E-state index in [4.69, 9.17) is 19.0 Å². The molecule has 3 rings (SSSR count). The van der Waals surface area contributed by atoms with E-state index in [-0.39, 0.29) is 12.0 Å². The second-order valence-corrected chi connectivity index (χ2v) is 6.42. The van der Waals surface area contributed by atoms with Crippen LogP contribution in [0.25, 0.3) is 0 Å². The molecular weight excluding hydrogens is 366 g/mol. The molecule has 2 amide bonds. The minimum Gasteiger partial charge on any atom is -0.493 e. The molecular formula is C19H25N3O6. The highest BCUT2D eigenvalue weighted by molar-refractivity contribution is 6.04. The quantitative estimate of drug-likeness (QED) is 0.756. The Bertz CT molecular complexity index is 758. The molecule has 1 atom stereocenters. The van der Waals surface area contributed by atoms with E-state index in [1.807, 2.05) is 12.1 Å². The van der Waals surface area contributed by atoms with Gasteiger partial charge in [0.05, 0.1) is 26.5 Å². The lowest BCUT2D eigenvalue weighted by Crippen LogP contribution is -2.53. The zero-order chi connectivity index (χ0) is 20.1. The van der Waals surface area contributed by atoms with Crippen LogP contribution < -0.4 is 9.47 Å². The maximum absolute atomic E-state index is 12.8. The van der Waals surface area contributed by atoms with Gasteiger partial charge in [0.2, 0.25) is 6.10 Å². The molecule has 152 valence electrons. The number of hydrogen-bond acceptors (Lipinski definition) is 7. The summed E-state index contributed by atoms with van der Waals surface area (Å²) >= 11 is 0. The molecule has 1 unspecified atom stereocenters. The maximum Gasteiger partial charge on any atom is 0.409 e. The van der Waals surface area contributed by atoms with E-state index in [2.05, 4.69) is 5.16 Å². The van der Waals surface area contributed by atoms with Gasteiger partial charge in [-0.15, -0.1) is 0 Å². The number of carbonyl (C=O) groups is 2. The monoisotopic (exact) mass is 391 g/mol. The Morgan fingerprint density at radius 2 is 1.79 bits per heavy atom. The van der Waals surface area contributed by atoms with Crippen molar-refractivity contribution < 1.29 is 28.6 Å². The van der Waals surface area contributed by atoms with Gasteiger partial charge in [0, 0.05) is 38.2 Å². The molecule has 1 aromatic rings. The fourth-order valence-corrected chi connectivity index (χ4v) is 3.22. The van der Waals surface area contributed by atoms with Crippen LogP contribution in [0.2, 0.25) is 0 Å². The number of ether oxygens (including phenoxy) is 3. The first-order chi connectivity index (χ1) is 13.6. The molecule has 1 fully saturated rings. The van der Waals surface area contributed by atoms with Crippen LogP contribution in [0.1, 0.15) is 18.9 Å². The van der Waals surface area contributed by atoms with Crippen molar-refractivity contribution >= 4 is 17.7 Å². The minimum atomic E-state index is -0.655. The van der Waals surface area contributed by atoms with Crippen LogP contribution in [0.15, 0.2) is 23.4 Å². The molecule has 0 radical (unpaired) electrons. The normalized spacial score (nSPS) is 19.0. The van der Waals surface area contributed by atoms with E-state index in [1.165, 1.54) is 0 Å². The number of methoxy groups -OCH3 is 2. The predicted molar refractivity (Wildman–Crippen MR) is 101 cm³/mol. The maximum atomic E-state index is 12.8. The highest BCUT2D eigenvalue weighted by atomic mass is 16.6. The van der Waals surface area contributed by atoms with E-state index in [9.17, 15) is 9.59 Å². The molecule has 28 heavy (non-hydrogen) atoms. The molecule has 2 heterocycles. The van der Waals surface area contributed by atoms with Gasteiger partial charge in [-0.2, -0.15) is 0 Å². The summed E-state index contributed by atoms with van der Waals surface area (Å²) in [7, 11) is 3.14. The lowest BCUT2D eigenvalue weighted by atomic mass is 10.0. The van der Waals surface area contributed by atoms with Crippen molar-refractivity contribution in [1.82, 2.24) is 9.80 Å². The molecule has 9 nitrogen and oxygen atoms in total. The zero-order valence-corrected chi connectivity index (χ0v) is 16.3. The van der Waals surface area contributed by atoms with E-state index >= 15 is 0 Å². The van der Waals surface area contributed by atoms with E-state index in [0.29, 0.717) is 56.4 Å². The number of benzene rings is 1. The SMILES string of the molecule is CCOC(=O)N1CCN(C(=O)C2CC(c3ccc(OC)c(OC)c3)=NO2)CC1. The van der Waals surface area contributed by atoms with Gasteiger partial charge in [-0.25, -0.2) is 4.79 Å². The fraction of sp³-hybridized carbons (Fsp3) is 0.526. The average molecular weight is 391 g/mol. The number of amides is 2. The summed E-state index contributed by atoms with van der Waals surface area (Å²) in [6.45, 7) is 3.89. The van der Waals surface area contributed by atoms with Gasteiger partial charge in [0.1, 0.15) is 0 Å². The van der Waals surface area contributed by atoms with E-state index in [0.717, 1.165) is 5.56 Å². The van der Waals surface area contributed by atoms with Crippen LogP contribution in [-0.2, 0) is 14.4 Å². The molecule has 2 aliphatic heterocycles. The number of nitrogens with zero attached hydrogens (tertiary/aromatic N) is 3. The summed E-state index contributed by atoms with van der Waals surface area (Å²) < 4.78 is 15.6. The van der Waals surface area contributed by atoms with Crippen molar-refractivity contribution in [3.05, 3.63) is 23.8 Å². The van der Waals surface area contributed by atoms with Crippen molar-refractivity contribution in [2.24, 2.45) is 5.16 Å². The van der Waals surface area contributed by atoms with E-state index in [1.54, 1.807) is 37.0 Å². The summed E-state index contributed by atoms with van der Waals surface area (Å²) in [5.41, 5.74) is 1.50. The third-order valence-corrected chi connectivity index (χ3v) is 4.78. The third kappa shape index (κ3) is 4.13. The van der Waals surface area contributed by atoms with Crippen molar-refractivity contribution in [2.45, 2.75) is 19.4 Å². The number of piperazine rings is 1. The van der Waals surface area contributed by atoms with Crippen molar-refractivity contribution in [3.8, 4) is 11.5 Å². The summed E-state index contributed by atoms with van der Waals surface area (Å²) in [5.74, 6) is 1.09. The first kappa shape index (κ1) is 19.8. The topological polar surface area (TPSA) is 89.9 Å². The molecule has 0 bridgehead atoms. The Hall–Kier alpha value is -2.97. The molecule has 9 heteroatoms. The number of carbonyl (C=O) groups excluding carboxylic acids is 2. The largest absolute Gasteiger partial charge is 0.493 e. The number of rotatable bonds is 5.